The molecule has 0 aliphatic heterocycles. The third-order valence-corrected chi connectivity index (χ3v) is 4.18. The summed E-state index contributed by atoms with van der Waals surface area (Å²) in [6.07, 6.45) is 5.29. The molecule has 1 fully saturated rings. The Hall–Kier alpha value is -1.71. The number of rotatable bonds is 4. The number of primary amides is 1. The van der Waals surface area contributed by atoms with E-state index in [-0.39, 0.29) is 0 Å². The molecular formula is C15H23N3O. The number of anilines is 2. The van der Waals surface area contributed by atoms with Crippen LogP contribution < -0.4 is 16.8 Å². The van der Waals surface area contributed by atoms with E-state index in [1.165, 1.54) is 25.7 Å². The zero-order valence-electron chi connectivity index (χ0n) is 11.5. The van der Waals surface area contributed by atoms with Gasteiger partial charge in [-0.25, -0.2) is 0 Å². The Labute approximate surface area is 114 Å². The van der Waals surface area contributed by atoms with Crippen LogP contribution in [-0.2, 0) is 0 Å². The Morgan fingerprint density at radius 3 is 2.74 bits per heavy atom. The lowest BCUT2D eigenvalue weighted by Gasteiger charge is -2.29. The molecule has 0 aromatic heterocycles. The van der Waals surface area contributed by atoms with E-state index in [9.17, 15) is 4.79 Å². The van der Waals surface area contributed by atoms with Gasteiger partial charge in [-0.2, -0.15) is 0 Å². The minimum Gasteiger partial charge on any atom is -0.397 e. The van der Waals surface area contributed by atoms with Gasteiger partial charge in [0.2, 0.25) is 5.91 Å². The molecule has 2 rings (SSSR count). The molecule has 1 saturated carbocycles. The molecular weight excluding hydrogens is 238 g/mol. The van der Waals surface area contributed by atoms with E-state index in [0.29, 0.717) is 17.2 Å². The lowest BCUT2D eigenvalue weighted by Crippen LogP contribution is -2.24. The number of nitrogens with one attached hydrogen (secondary N) is 1. The second kappa shape index (κ2) is 5.95. The Morgan fingerprint density at radius 1 is 1.37 bits per heavy atom. The van der Waals surface area contributed by atoms with Crippen molar-refractivity contribution in [2.45, 2.75) is 32.6 Å². The Bertz CT molecular complexity index is 459. The molecule has 0 bridgehead atoms. The smallest absolute Gasteiger partial charge is 0.248 e. The number of hydrogen-bond acceptors (Lipinski definition) is 3. The van der Waals surface area contributed by atoms with E-state index in [2.05, 4.69) is 12.2 Å². The van der Waals surface area contributed by atoms with Crippen molar-refractivity contribution in [1.82, 2.24) is 0 Å². The van der Waals surface area contributed by atoms with Crippen molar-refractivity contribution in [3.8, 4) is 0 Å². The Balaban J connectivity index is 1.97. The standard InChI is InChI=1S/C15H23N3O/c1-10-4-2-3-5-12(10)9-18-14-7-6-11(15(17)19)8-13(14)16/h6-8,10,12,18H,2-5,9,16H2,1H3,(H2,17,19). The van der Waals surface area contributed by atoms with Gasteiger partial charge in [-0.15, -0.1) is 0 Å². The highest BCUT2D eigenvalue weighted by Crippen LogP contribution is 2.30. The van der Waals surface area contributed by atoms with Gasteiger partial charge in [0, 0.05) is 12.1 Å². The van der Waals surface area contributed by atoms with Crippen molar-refractivity contribution in [2.24, 2.45) is 17.6 Å². The molecule has 5 N–H and O–H groups in total. The molecule has 4 nitrogen and oxygen atoms in total. The minimum atomic E-state index is -0.445. The number of amides is 1. The second-order valence-electron chi connectivity index (χ2n) is 5.57. The van der Waals surface area contributed by atoms with Crippen LogP contribution in [0.3, 0.4) is 0 Å². The second-order valence-corrected chi connectivity index (χ2v) is 5.57. The van der Waals surface area contributed by atoms with Gasteiger partial charge in [0.25, 0.3) is 0 Å². The maximum absolute atomic E-state index is 11.1. The molecule has 1 amide bonds. The number of carbonyl (C=O) groups is 1. The van der Waals surface area contributed by atoms with Crippen LogP contribution in [0.4, 0.5) is 11.4 Å². The van der Waals surface area contributed by atoms with E-state index < -0.39 is 5.91 Å². The highest BCUT2D eigenvalue weighted by atomic mass is 16.1. The quantitative estimate of drug-likeness (QED) is 0.729. The summed E-state index contributed by atoms with van der Waals surface area (Å²) in [5.74, 6) is 1.04. The van der Waals surface area contributed by atoms with Crippen molar-refractivity contribution in [1.29, 1.82) is 0 Å². The predicted molar refractivity (Wildman–Crippen MR) is 79.0 cm³/mol. The Kier molecular flexibility index (Phi) is 4.30. The molecule has 0 spiro atoms. The number of carbonyl (C=O) groups excluding carboxylic acids is 1. The normalized spacial score (nSPS) is 23.0. The number of benzene rings is 1. The van der Waals surface area contributed by atoms with Crippen LogP contribution in [-0.4, -0.2) is 12.5 Å². The van der Waals surface area contributed by atoms with Crippen LogP contribution in [0.25, 0.3) is 0 Å². The largest absolute Gasteiger partial charge is 0.397 e. The Morgan fingerprint density at radius 2 is 2.11 bits per heavy atom. The van der Waals surface area contributed by atoms with Gasteiger partial charge in [0.1, 0.15) is 0 Å². The zero-order chi connectivity index (χ0) is 13.8. The summed E-state index contributed by atoms with van der Waals surface area (Å²) in [5.41, 5.74) is 13.1. The van der Waals surface area contributed by atoms with Gasteiger partial charge < -0.3 is 16.8 Å². The van der Waals surface area contributed by atoms with E-state index in [1.54, 1.807) is 12.1 Å². The number of hydrogen-bond donors (Lipinski definition) is 3. The maximum atomic E-state index is 11.1. The molecule has 1 aromatic rings. The van der Waals surface area contributed by atoms with Crippen molar-refractivity contribution in [3.05, 3.63) is 23.8 Å². The van der Waals surface area contributed by atoms with Gasteiger partial charge >= 0.3 is 0 Å². The molecule has 0 radical (unpaired) electrons. The van der Waals surface area contributed by atoms with Gasteiger partial charge in [0.15, 0.2) is 0 Å². The summed E-state index contributed by atoms with van der Waals surface area (Å²) >= 11 is 0. The SMILES string of the molecule is CC1CCCCC1CNc1ccc(C(N)=O)cc1N. The van der Waals surface area contributed by atoms with Crippen LogP contribution in [0.2, 0.25) is 0 Å². The predicted octanol–water partition coefficient (Wildman–Crippen LogP) is 2.61. The van der Waals surface area contributed by atoms with E-state index in [0.717, 1.165) is 18.2 Å². The van der Waals surface area contributed by atoms with Crippen molar-refractivity contribution >= 4 is 17.3 Å². The first-order valence-electron chi connectivity index (χ1n) is 7.01. The third kappa shape index (κ3) is 3.40. The van der Waals surface area contributed by atoms with Crippen molar-refractivity contribution < 1.29 is 4.79 Å². The highest BCUT2D eigenvalue weighted by molar-refractivity contribution is 5.94. The summed E-state index contributed by atoms with van der Waals surface area (Å²) in [6, 6.07) is 5.18. The molecule has 4 heteroatoms. The summed E-state index contributed by atoms with van der Waals surface area (Å²) < 4.78 is 0. The van der Waals surface area contributed by atoms with Gasteiger partial charge in [-0.1, -0.05) is 26.2 Å². The fourth-order valence-electron chi connectivity index (χ4n) is 2.81. The summed E-state index contributed by atoms with van der Waals surface area (Å²) in [5, 5.41) is 3.40. The molecule has 0 heterocycles. The third-order valence-electron chi connectivity index (χ3n) is 4.18. The first-order chi connectivity index (χ1) is 9.08. The molecule has 1 aliphatic rings. The molecule has 0 saturated heterocycles. The molecule has 1 aliphatic carbocycles. The lowest BCUT2D eigenvalue weighted by molar-refractivity contribution is 0.100. The van der Waals surface area contributed by atoms with Gasteiger partial charge in [0.05, 0.1) is 11.4 Å². The van der Waals surface area contributed by atoms with Crippen molar-refractivity contribution in [2.75, 3.05) is 17.6 Å². The van der Waals surface area contributed by atoms with E-state index >= 15 is 0 Å². The minimum absolute atomic E-state index is 0.445. The summed E-state index contributed by atoms with van der Waals surface area (Å²) in [7, 11) is 0. The van der Waals surface area contributed by atoms with Gasteiger partial charge in [-0.3, -0.25) is 4.79 Å². The summed E-state index contributed by atoms with van der Waals surface area (Å²) in [4.78, 5) is 11.1. The van der Waals surface area contributed by atoms with Crippen molar-refractivity contribution in [3.63, 3.8) is 0 Å². The maximum Gasteiger partial charge on any atom is 0.248 e. The number of nitrogen functional groups attached to an aromatic ring is 1. The fraction of sp³-hybridized carbons (Fsp3) is 0.533. The van der Waals surface area contributed by atoms with Crippen LogP contribution in [0, 0.1) is 11.8 Å². The molecule has 19 heavy (non-hydrogen) atoms. The summed E-state index contributed by atoms with van der Waals surface area (Å²) in [6.45, 7) is 3.27. The lowest BCUT2D eigenvalue weighted by atomic mass is 9.80. The van der Waals surface area contributed by atoms with Crippen LogP contribution in [0.15, 0.2) is 18.2 Å². The molecule has 2 unspecified atom stereocenters. The number of nitrogens with two attached hydrogens (primary N) is 2. The first kappa shape index (κ1) is 13.7. The van der Waals surface area contributed by atoms with Crippen LogP contribution >= 0.6 is 0 Å². The van der Waals surface area contributed by atoms with E-state index in [4.69, 9.17) is 11.5 Å². The fourth-order valence-corrected chi connectivity index (χ4v) is 2.81. The monoisotopic (exact) mass is 261 g/mol. The molecule has 104 valence electrons. The van der Waals surface area contributed by atoms with Crippen LogP contribution in [0.1, 0.15) is 43.0 Å². The zero-order valence-corrected chi connectivity index (χ0v) is 11.5. The molecule has 1 aromatic carbocycles. The average molecular weight is 261 g/mol. The first-order valence-corrected chi connectivity index (χ1v) is 7.01. The van der Waals surface area contributed by atoms with Gasteiger partial charge in [-0.05, 0) is 36.5 Å². The topological polar surface area (TPSA) is 81.1 Å². The average Bonchev–Trinajstić information content (AvgIpc) is 2.39. The highest BCUT2D eigenvalue weighted by Gasteiger charge is 2.21. The van der Waals surface area contributed by atoms with Crippen LogP contribution in [0.5, 0.6) is 0 Å². The molecule has 2 atom stereocenters. The van der Waals surface area contributed by atoms with E-state index in [1.807, 2.05) is 6.07 Å².